The average Bonchev–Trinajstić information content (AvgIpc) is 3.35. The Morgan fingerprint density at radius 3 is 2.54 bits per heavy atom. The van der Waals surface area contributed by atoms with Gasteiger partial charge >= 0.3 is 6.01 Å². The first-order chi connectivity index (χ1) is 18.1. The van der Waals surface area contributed by atoms with Gasteiger partial charge in [-0.1, -0.05) is 11.6 Å². The van der Waals surface area contributed by atoms with Crippen molar-refractivity contribution in [3.05, 3.63) is 72.2 Å². The molecule has 6 rings (SSSR count). The standard InChI is InChI=1S/C26H20ClFN8O/c27-21-12-17(37-26-30-5-1-6-31-26)2-3-18(21)19-13-20-23(14-22(19)28)32-15-24-25(20)36(16-33-24)35-10-8-34(7-4-29)9-11-35/h1-3,5-6,12-16H,7-11H2. The van der Waals surface area contributed by atoms with Gasteiger partial charge in [0.2, 0.25) is 0 Å². The van der Waals surface area contributed by atoms with E-state index in [1.54, 1.807) is 55.2 Å². The summed E-state index contributed by atoms with van der Waals surface area (Å²) in [7, 11) is 0. The smallest absolute Gasteiger partial charge is 0.321 e. The van der Waals surface area contributed by atoms with E-state index < -0.39 is 5.82 Å². The highest BCUT2D eigenvalue weighted by atomic mass is 35.5. The lowest BCUT2D eigenvalue weighted by atomic mass is 10.0. The van der Waals surface area contributed by atoms with Crippen molar-refractivity contribution in [1.82, 2.24) is 29.5 Å². The van der Waals surface area contributed by atoms with Gasteiger partial charge in [-0.15, -0.1) is 0 Å². The van der Waals surface area contributed by atoms with Crippen molar-refractivity contribution >= 4 is 33.5 Å². The topological polar surface area (TPSA) is 96.0 Å². The monoisotopic (exact) mass is 514 g/mol. The predicted octanol–water partition coefficient (Wildman–Crippen LogP) is 4.40. The molecule has 0 amide bonds. The lowest BCUT2D eigenvalue weighted by molar-refractivity contribution is 0.267. The lowest BCUT2D eigenvalue weighted by Gasteiger charge is -2.35. The third-order valence-electron chi connectivity index (χ3n) is 6.37. The van der Waals surface area contributed by atoms with Gasteiger partial charge in [-0.2, -0.15) is 5.26 Å². The Bertz CT molecular complexity index is 1640. The minimum absolute atomic E-state index is 0.193. The van der Waals surface area contributed by atoms with E-state index in [0.717, 1.165) is 37.1 Å². The summed E-state index contributed by atoms with van der Waals surface area (Å²) in [5.41, 5.74) is 2.95. The normalized spacial score (nSPS) is 14.2. The molecule has 1 fully saturated rings. The SMILES string of the molecule is N#CCN1CCN(n2cnc3cnc4cc(F)c(-c5ccc(Oc6ncccn6)cc5Cl)cc4c32)CC1. The quantitative estimate of drug-likeness (QED) is 0.318. The molecule has 1 aliphatic rings. The molecule has 0 bridgehead atoms. The van der Waals surface area contributed by atoms with Crippen LogP contribution >= 0.6 is 11.6 Å². The zero-order chi connectivity index (χ0) is 25.4. The second kappa shape index (κ2) is 9.61. The number of nitrogens with zero attached hydrogens (tertiary/aromatic N) is 8. The summed E-state index contributed by atoms with van der Waals surface area (Å²) in [5, 5.41) is 12.3. The van der Waals surface area contributed by atoms with Crippen LogP contribution in [-0.4, -0.2) is 62.2 Å². The number of rotatable bonds is 5. The van der Waals surface area contributed by atoms with Gasteiger partial charge in [0.1, 0.15) is 28.9 Å². The second-order valence-corrected chi connectivity index (χ2v) is 9.00. The minimum atomic E-state index is -0.433. The highest BCUT2D eigenvalue weighted by Crippen LogP contribution is 2.36. The highest BCUT2D eigenvalue weighted by Gasteiger charge is 2.21. The Morgan fingerprint density at radius 1 is 0.973 bits per heavy atom. The van der Waals surface area contributed by atoms with E-state index in [1.165, 1.54) is 6.07 Å². The Balaban J connectivity index is 1.39. The van der Waals surface area contributed by atoms with Gasteiger partial charge in [-0.3, -0.25) is 9.88 Å². The van der Waals surface area contributed by atoms with E-state index >= 15 is 4.39 Å². The van der Waals surface area contributed by atoms with E-state index in [1.807, 2.05) is 4.68 Å². The predicted molar refractivity (Wildman–Crippen MR) is 138 cm³/mol. The molecule has 0 radical (unpaired) electrons. The number of nitriles is 1. The maximum absolute atomic E-state index is 15.3. The van der Waals surface area contributed by atoms with Crippen LogP contribution in [0.1, 0.15) is 0 Å². The van der Waals surface area contributed by atoms with Crippen molar-refractivity contribution in [2.24, 2.45) is 0 Å². The van der Waals surface area contributed by atoms with Crippen molar-refractivity contribution in [2.45, 2.75) is 0 Å². The second-order valence-electron chi connectivity index (χ2n) is 8.59. The summed E-state index contributed by atoms with van der Waals surface area (Å²) in [4.78, 5) is 19.2. The molecular formula is C26H20ClFN8O. The minimum Gasteiger partial charge on any atom is -0.424 e. The Kier molecular flexibility index (Phi) is 6.00. The molecule has 0 N–H and O–H groups in total. The van der Waals surface area contributed by atoms with Gasteiger partial charge in [0, 0.05) is 67.2 Å². The maximum atomic E-state index is 15.3. The molecule has 1 aliphatic heterocycles. The molecule has 11 heteroatoms. The number of benzene rings is 2. The molecule has 0 aliphatic carbocycles. The van der Waals surface area contributed by atoms with Crippen LogP contribution in [0.4, 0.5) is 4.39 Å². The Hall–Kier alpha value is -4.33. The van der Waals surface area contributed by atoms with Crippen LogP contribution in [0.15, 0.2) is 61.3 Å². The summed E-state index contributed by atoms with van der Waals surface area (Å²) < 4.78 is 23.0. The summed E-state index contributed by atoms with van der Waals surface area (Å²) in [5.74, 6) is 0.0105. The molecule has 1 saturated heterocycles. The summed E-state index contributed by atoms with van der Waals surface area (Å²) in [6.45, 7) is 3.44. The number of fused-ring (bicyclic) bond motifs is 3. The van der Waals surface area contributed by atoms with E-state index in [2.05, 4.69) is 35.9 Å². The van der Waals surface area contributed by atoms with Crippen molar-refractivity contribution in [1.29, 1.82) is 5.26 Å². The zero-order valence-corrected chi connectivity index (χ0v) is 20.3. The maximum Gasteiger partial charge on any atom is 0.321 e. The fraction of sp³-hybridized carbons (Fsp3) is 0.192. The fourth-order valence-corrected chi connectivity index (χ4v) is 4.82. The third-order valence-corrected chi connectivity index (χ3v) is 6.69. The number of hydrogen-bond donors (Lipinski definition) is 0. The van der Waals surface area contributed by atoms with Crippen LogP contribution in [0, 0.1) is 17.1 Å². The molecule has 0 saturated carbocycles. The number of halogens is 2. The molecule has 2 aromatic carbocycles. The molecule has 37 heavy (non-hydrogen) atoms. The molecule has 0 spiro atoms. The summed E-state index contributed by atoms with van der Waals surface area (Å²) in [6.07, 6.45) is 6.58. The Morgan fingerprint density at radius 2 is 1.78 bits per heavy atom. The van der Waals surface area contributed by atoms with Crippen LogP contribution < -0.4 is 9.75 Å². The van der Waals surface area contributed by atoms with Crippen LogP contribution in [0.25, 0.3) is 33.1 Å². The molecular weight excluding hydrogens is 495 g/mol. The molecule has 4 heterocycles. The van der Waals surface area contributed by atoms with Crippen LogP contribution in [0.5, 0.6) is 11.8 Å². The molecule has 9 nitrogen and oxygen atoms in total. The molecule has 0 atom stereocenters. The van der Waals surface area contributed by atoms with Crippen molar-refractivity contribution in [3.63, 3.8) is 0 Å². The number of pyridine rings is 1. The number of aromatic nitrogens is 5. The first-order valence-electron chi connectivity index (χ1n) is 11.7. The number of ether oxygens (including phenoxy) is 1. The van der Waals surface area contributed by atoms with Crippen LogP contribution in [0.2, 0.25) is 5.02 Å². The molecule has 3 aromatic heterocycles. The first-order valence-corrected chi connectivity index (χ1v) is 12.0. The molecule has 5 aromatic rings. The number of imidazole rings is 1. The fourth-order valence-electron chi connectivity index (χ4n) is 4.55. The largest absolute Gasteiger partial charge is 0.424 e. The van der Waals surface area contributed by atoms with Gasteiger partial charge in [0.05, 0.1) is 29.4 Å². The summed E-state index contributed by atoms with van der Waals surface area (Å²) in [6, 6.07) is 12.3. The van der Waals surface area contributed by atoms with Gasteiger partial charge < -0.3 is 9.75 Å². The van der Waals surface area contributed by atoms with Crippen molar-refractivity contribution in [3.8, 4) is 29.0 Å². The first kappa shape index (κ1) is 23.1. The van der Waals surface area contributed by atoms with Gasteiger partial charge in [-0.25, -0.2) is 24.0 Å². The third kappa shape index (κ3) is 4.39. The van der Waals surface area contributed by atoms with E-state index in [0.29, 0.717) is 39.5 Å². The van der Waals surface area contributed by atoms with Crippen LogP contribution in [-0.2, 0) is 0 Å². The Labute approximate surface area is 216 Å². The number of piperazine rings is 1. The highest BCUT2D eigenvalue weighted by molar-refractivity contribution is 6.33. The summed E-state index contributed by atoms with van der Waals surface area (Å²) >= 11 is 6.59. The van der Waals surface area contributed by atoms with E-state index in [4.69, 9.17) is 21.6 Å². The van der Waals surface area contributed by atoms with Crippen molar-refractivity contribution < 1.29 is 9.13 Å². The van der Waals surface area contributed by atoms with Gasteiger partial charge in [0.15, 0.2) is 0 Å². The van der Waals surface area contributed by atoms with Gasteiger partial charge in [0.25, 0.3) is 0 Å². The molecule has 184 valence electrons. The number of hydrogen-bond acceptors (Lipinski definition) is 8. The lowest BCUT2D eigenvalue weighted by Crippen LogP contribution is -2.50. The van der Waals surface area contributed by atoms with Gasteiger partial charge in [-0.05, 0) is 24.3 Å². The van der Waals surface area contributed by atoms with Crippen molar-refractivity contribution in [2.75, 3.05) is 37.7 Å². The average molecular weight is 515 g/mol. The van der Waals surface area contributed by atoms with Crippen LogP contribution in [0.3, 0.4) is 0 Å². The van der Waals surface area contributed by atoms with E-state index in [-0.39, 0.29) is 6.01 Å². The van der Waals surface area contributed by atoms with E-state index in [9.17, 15) is 0 Å². The molecule has 0 unspecified atom stereocenters. The zero-order valence-electron chi connectivity index (χ0n) is 19.6.